The van der Waals surface area contributed by atoms with E-state index >= 15 is 0 Å². The van der Waals surface area contributed by atoms with Gasteiger partial charge in [-0.25, -0.2) is 4.79 Å². The molecule has 1 fully saturated rings. The van der Waals surface area contributed by atoms with Crippen LogP contribution in [0, 0.1) is 0 Å². The first-order valence-electron chi connectivity index (χ1n) is 7.44. The number of amides is 1. The first-order valence-corrected chi connectivity index (χ1v) is 7.44. The molecular weight excluding hydrogens is 298 g/mol. The van der Waals surface area contributed by atoms with Crippen LogP contribution in [0.15, 0.2) is 24.3 Å². The summed E-state index contributed by atoms with van der Waals surface area (Å²) in [5, 5.41) is 2.79. The van der Waals surface area contributed by atoms with Gasteiger partial charge in [-0.1, -0.05) is 0 Å². The fraction of sp³-hybridized carbons (Fsp3) is 0.412. The molecule has 2 rings (SSSR count). The van der Waals surface area contributed by atoms with Gasteiger partial charge in [0.2, 0.25) is 0 Å². The number of nitrogens with one attached hydrogen (secondary N) is 1. The van der Waals surface area contributed by atoms with Crippen LogP contribution < -0.4 is 14.8 Å². The topological polar surface area (TPSA) is 73.9 Å². The van der Waals surface area contributed by atoms with Crippen LogP contribution >= 0.6 is 0 Å². The molecule has 0 aliphatic heterocycles. The third-order valence-electron chi connectivity index (χ3n) is 3.43. The van der Waals surface area contributed by atoms with Crippen molar-refractivity contribution < 1.29 is 23.8 Å². The molecule has 0 bridgehead atoms. The Morgan fingerprint density at radius 2 is 2.00 bits per heavy atom. The largest absolute Gasteiger partial charge is 0.497 e. The molecule has 1 aliphatic carbocycles. The maximum absolute atomic E-state index is 11.8. The van der Waals surface area contributed by atoms with Crippen molar-refractivity contribution in [3.05, 3.63) is 29.8 Å². The first kappa shape index (κ1) is 16.9. The first-order chi connectivity index (χ1) is 11.0. The summed E-state index contributed by atoms with van der Waals surface area (Å²) in [5.74, 6) is 0.387. The molecule has 0 unspecified atom stereocenters. The van der Waals surface area contributed by atoms with Crippen molar-refractivity contribution in [2.24, 2.45) is 0 Å². The van der Waals surface area contributed by atoms with Crippen molar-refractivity contribution in [2.45, 2.75) is 31.9 Å². The highest BCUT2D eigenvalue weighted by Gasteiger charge is 2.26. The van der Waals surface area contributed by atoms with Gasteiger partial charge in [-0.15, -0.1) is 0 Å². The molecule has 1 atom stereocenters. The average Bonchev–Trinajstić information content (AvgIpc) is 3.36. The lowest BCUT2D eigenvalue weighted by Gasteiger charge is -2.11. The highest BCUT2D eigenvalue weighted by molar-refractivity contribution is 5.90. The minimum Gasteiger partial charge on any atom is -0.497 e. The molecule has 1 saturated carbocycles. The van der Waals surface area contributed by atoms with Crippen LogP contribution in [0.4, 0.5) is 0 Å². The van der Waals surface area contributed by atoms with Gasteiger partial charge in [0, 0.05) is 23.7 Å². The Morgan fingerprint density at radius 3 is 2.61 bits per heavy atom. The molecule has 0 aromatic heterocycles. The van der Waals surface area contributed by atoms with Crippen molar-refractivity contribution in [1.29, 1.82) is 0 Å². The van der Waals surface area contributed by atoms with Gasteiger partial charge < -0.3 is 19.5 Å². The van der Waals surface area contributed by atoms with Crippen molar-refractivity contribution in [2.75, 3.05) is 14.2 Å². The average molecular weight is 319 g/mol. The lowest BCUT2D eigenvalue weighted by atomic mass is 10.1. The predicted octanol–water partition coefficient (Wildman–Crippen LogP) is 1.93. The van der Waals surface area contributed by atoms with E-state index in [2.05, 4.69) is 5.32 Å². The second-order valence-corrected chi connectivity index (χ2v) is 5.30. The van der Waals surface area contributed by atoms with Crippen LogP contribution in [0.2, 0.25) is 0 Å². The maximum Gasteiger partial charge on any atom is 0.331 e. The van der Waals surface area contributed by atoms with E-state index < -0.39 is 12.1 Å². The lowest BCUT2D eigenvalue weighted by molar-refractivity contribution is -0.150. The number of methoxy groups -OCH3 is 2. The van der Waals surface area contributed by atoms with Gasteiger partial charge in [-0.05, 0) is 38.0 Å². The summed E-state index contributed by atoms with van der Waals surface area (Å²) in [6, 6.07) is 5.49. The number of benzene rings is 1. The number of hydrogen-bond donors (Lipinski definition) is 1. The summed E-state index contributed by atoms with van der Waals surface area (Å²) in [7, 11) is 3.10. The predicted molar refractivity (Wildman–Crippen MR) is 85.3 cm³/mol. The SMILES string of the molecule is COc1ccc(/C=C/C(=O)O[C@@H](C)C(=O)NC2CC2)c(OC)c1. The van der Waals surface area contributed by atoms with Crippen LogP contribution in [0.25, 0.3) is 6.08 Å². The highest BCUT2D eigenvalue weighted by atomic mass is 16.5. The Balaban J connectivity index is 1.93. The standard InChI is InChI=1S/C17H21NO5/c1-11(17(20)18-13-6-7-13)23-16(19)9-5-12-4-8-14(21-2)10-15(12)22-3/h4-5,8-11,13H,6-7H2,1-3H3,(H,18,20)/b9-5+/t11-/m0/s1. The van der Waals surface area contributed by atoms with E-state index in [1.165, 1.54) is 13.2 Å². The molecule has 6 heteroatoms. The summed E-state index contributed by atoms with van der Waals surface area (Å²) in [6.07, 6.45) is 4.01. The molecule has 1 amide bonds. The van der Waals surface area contributed by atoms with Crippen LogP contribution in [0.5, 0.6) is 11.5 Å². The Bertz CT molecular complexity index is 607. The van der Waals surface area contributed by atoms with Gasteiger partial charge in [-0.3, -0.25) is 4.79 Å². The van der Waals surface area contributed by atoms with Gasteiger partial charge in [0.05, 0.1) is 14.2 Å². The van der Waals surface area contributed by atoms with E-state index in [-0.39, 0.29) is 11.9 Å². The van der Waals surface area contributed by atoms with Gasteiger partial charge in [0.15, 0.2) is 6.10 Å². The number of rotatable bonds is 7. The zero-order valence-electron chi connectivity index (χ0n) is 13.5. The molecular formula is C17H21NO5. The Morgan fingerprint density at radius 1 is 1.26 bits per heavy atom. The van der Waals surface area contributed by atoms with Crippen LogP contribution in [0.3, 0.4) is 0 Å². The fourth-order valence-corrected chi connectivity index (χ4v) is 1.93. The molecule has 0 spiro atoms. The van der Waals surface area contributed by atoms with E-state index in [1.807, 2.05) is 0 Å². The summed E-state index contributed by atoms with van der Waals surface area (Å²) in [4.78, 5) is 23.5. The zero-order valence-corrected chi connectivity index (χ0v) is 13.5. The summed E-state index contributed by atoms with van der Waals surface area (Å²) >= 11 is 0. The smallest absolute Gasteiger partial charge is 0.331 e. The summed E-state index contributed by atoms with van der Waals surface area (Å²) in [6.45, 7) is 1.55. The van der Waals surface area contributed by atoms with Crippen LogP contribution in [-0.2, 0) is 14.3 Å². The van der Waals surface area contributed by atoms with Gasteiger partial charge in [-0.2, -0.15) is 0 Å². The molecule has 1 aromatic rings. The molecule has 0 radical (unpaired) electrons. The molecule has 1 N–H and O–H groups in total. The molecule has 0 saturated heterocycles. The van der Waals surface area contributed by atoms with E-state index in [0.717, 1.165) is 12.8 Å². The normalized spacial score (nSPS) is 15.1. The third kappa shape index (κ3) is 5.02. The van der Waals surface area contributed by atoms with Crippen LogP contribution in [0.1, 0.15) is 25.3 Å². The molecule has 23 heavy (non-hydrogen) atoms. The number of ether oxygens (including phenoxy) is 3. The monoisotopic (exact) mass is 319 g/mol. The van der Waals surface area contributed by atoms with Crippen LogP contribution in [-0.4, -0.2) is 38.2 Å². The summed E-state index contributed by atoms with van der Waals surface area (Å²) in [5.41, 5.74) is 0.709. The Hall–Kier alpha value is -2.50. The fourth-order valence-electron chi connectivity index (χ4n) is 1.93. The van der Waals surface area contributed by atoms with E-state index in [4.69, 9.17) is 14.2 Å². The second-order valence-electron chi connectivity index (χ2n) is 5.30. The van der Waals surface area contributed by atoms with Gasteiger partial charge in [0.25, 0.3) is 5.91 Å². The van der Waals surface area contributed by atoms with E-state index in [9.17, 15) is 9.59 Å². The number of carbonyl (C=O) groups excluding carboxylic acids is 2. The van der Waals surface area contributed by atoms with Gasteiger partial charge in [0.1, 0.15) is 11.5 Å². The number of carbonyl (C=O) groups is 2. The Kier molecular flexibility index (Phi) is 5.62. The van der Waals surface area contributed by atoms with E-state index in [1.54, 1.807) is 38.3 Å². The number of esters is 1. The van der Waals surface area contributed by atoms with Crippen molar-refractivity contribution >= 4 is 18.0 Å². The number of hydrogen-bond acceptors (Lipinski definition) is 5. The molecule has 124 valence electrons. The van der Waals surface area contributed by atoms with Gasteiger partial charge >= 0.3 is 5.97 Å². The molecule has 6 nitrogen and oxygen atoms in total. The summed E-state index contributed by atoms with van der Waals surface area (Å²) < 4.78 is 15.4. The Labute approximate surface area is 135 Å². The minimum atomic E-state index is -0.814. The van der Waals surface area contributed by atoms with Crippen molar-refractivity contribution in [1.82, 2.24) is 5.32 Å². The molecule has 1 aliphatic rings. The minimum absolute atomic E-state index is 0.239. The van der Waals surface area contributed by atoms with Crippen molar-refractivity contribution in [3.8, 4) is 11.5 Å². The third-order valence-corrected chi connectivity index (χ3v) is 3.43. The maximum atomic E-state index is 11.8. The van der Waals surface area contributed by atoms with Crippen molar-refractivity contribution in [3.63, 3.8) is 0 Å². The second kappa shape index (κ2) is 7.67. The van der Waals surface area contributed by atoms with E-state index in [0.29, 0.717) is 17.1 Å². The molecule has 1 aromatic carbocycles. The lowest BCUT2D eigenvalue weighted by Crippen LogP contribution is -2.36. The quantitative estimate of drug-likeness (QED) is 0.614. The zero-order chi connectivity index (χ0) is 16.8. The molecule has 0 heterocycles. The highest BCUT2D eigenvalue weighted by Crippen LogP contribution is 2.25.